The molecule has 0 saturated carbocycles. The molecule has 0 aliphatic heterocycles. The fourth-order valence-electron chi connectivity index (χ4n) is 1.44. The number of hydrogen-bond donors (Lipinski definition) is 0. The summed E-state index contributed by atoms with van der Waals surface area (Å²) in [4.78, 5) is 0. The van der Waals surface area contributed by atoms with Gasteiger partial charge in [-0.05, 0) is 37.6 Å². The zero-order valence-electron chi connectivity index (χ0n) is 14.8. The Morgan fingerprint density at radius 3 is 1.50 bits per heavy atom. The van der Waals surface area contributed by atoms with E-state index in [1.54, 1.807) is 0 Å². The highest BCUT2D eigenvalue weighted by atomic mass is 14.9. The summed E-state index contributed by atoms with van der Waals surface area (Å²) in [7, 11) is 4.11. The van der Waals surface area contributed by atoms with Crippen molar-refractivity contribution in [2.24, 2.45) is 14.1 Å². The molecule has 2 heterocycles. The van der Waals surface area contributed by atoms with Crippen LogP contribution in [-0.2, 0) is 20.5 Å². The topological polar surface area (TPSA) is 9.86 Å². The first kappa shape index (κ1) is 20.9. The summed E-state index contributed by atoms with van der Waals surface area (Å²) >= 11 is 0. The van der Waals surface area contributed by atoms with Gasteiger partial charge in [0.1, 0.15) is 0 Å². The predicted molar refractivity (Wildman–Crippen MR) is 92.3 cm³/mol. The van der Waals surface area contributed by atoms with Crippen LogP contribution in [0.4, 0.5) is 0 Å². The monoisotopic (exact) mass is 278 g/mol. The summed E-state index contributed by atoms with van der Waals surface area (Å²) in [6.07, 6.45) is 6.38. The molecular formula is C18H34N2. The third-order valence-corrected chi connectivity index (χ3v) is 2.59. The van der Waals surface area contributed by atoms with Crippen LogP contribution in [0.15, 0.2) is 36.7 Å². The van der Waals surface area contributed by atoms with E-state index < -0.39 is 0 Å². The van der Waals surface area contributed by atoms with Crippen molar-refractivity contribution in [3.8, 4) is 0 Å². The van der Waals surface area contributed by atoms with Crippen molar-refractivity contribution in [3.63, 3.8) is 0 Å². The van der Waals surface area contributed by atoms with Crippen LogP contribution in [0, 0.1) is 6.92 Å². The average Bonchev–Trinajstić information content (AvgIpc) is 3.05. The van der Waals surface area contributed by atoms with Gasteiger partial charge in [0.05, 0.1) is 0 Å². The lowest BCUT2D eigenvalue weighted by molar-refractivity contribution is 0.808. The van der Waals surface area contributed by atoms with Crippen molar-refractivity contribution < 1.29 is 0 Å². The molecule has 0 atom stereocenters. The van der Waals surface area contributed by atoms with Crippen molar-refractivity contribution in [3.05, 3.63) is 48.0 Å². The SMILES string of the molecule is CC.CCC.CCc1ccc(C)n1C.Cn1cccc1. The molecule has 0 aliphatic carbocycles. The highest BCUT2D eigenvalue weighted by Crippen LogP contribution is 2.05. The van der Waals surface area contributed by atoms with Gasteiger partial charge >= 0.3 is 0 Å². The third kappa shape index (κ3) is 9.48. The van der Waals surface area contributed by atoms with E-state index in [2.05, 4.69) is 51.4 Å². The third-order valence-electron chi connectivity index (χ3n) is 2.59. The molecule has 2 nitrogen and oxygen atoms in total. The summed E-state index contributed by atoms with van der Waals surface area (Å²) in [5.41, 5.74) is 2.75. The fraction of sp³-hybridized carbons (Fsp3) is 0.556. The van der Waals surface area contributed by atoms with Crippen molar-refractivity contribution in [1.29, 1.82) is 0 Å². The zero-order valence-corrected chi connectivity index (χ0v) is 14.8. The molecule has 0 aromatic carbocycles. The molecule has 0 bridgehead atoms. The zero-order chi connectivity index (χ0) is 16.0. The normalized spacial score (nSPS) is 8.40. The van der Waals surface area contributed by atoms with Gasteiger partial charge in [0, 0.05) is 37.9 Å². The minimum Gasteiger partial charge on any atom is -0.357 e. The molecule has 0 spiro atoms. The number of hydrogen-bond acceptors (Lipinski definition) is 0. The lowest BCUT2D eigenvalue weighted by Crippen LogP contribution is -1.95. The van der Waals surface area contributed by atoms with E-state index in [0.29, 0.717) is 0 Å². The molecule has 2 aromatic heterocycles. The van der Waals surface area contributed by atoms with E-state index in [0.717, 1.165) is 6.42 Å². The van der Waals surface area contributed by atoms with Crippen LogP contribution in [0.1, 0.15) is 52.4 Å². The molecule has 20 heavy (non-hydrogen) atoms. The van der Waals surface area contributed by atoms with Gasteiger partial charge in [-0.15, -0.1) is 0 Å². The molecule has 0 fully saturated rings. The second-order valence-electron chi connectivity index (χ2n) is 4.43. The van der Waals surface area contributed by atoms with Gasteiger partial charge in [0.15, 0.2) is 0 Å². The number of rotatable bonds is 1. The predicted octanol–water partition coefficient (Wildman–Crippen LogP) is 5.36. The van der Waals surface area contributed by atoms with Gasteiger partial charge in [-0.2, -0.15) is 0 Å². The van der Waals surface area contributed by atoms with Crippen LogP contribution >= 0.6 is 0 Å². The Kier molecular flexibility index (Phi) is 14.6. The summed E-state index contributed by atoms with van der Waals surface area (Å²) in [6.45, 7) is 12.5. The number of aromatic nitrogens is 2. The van der Waals surface area contributed by atoms with Gasteiger partial charge in [0.25, 0.3) is 0 Å². The maximum absolute atomic E-state index is 2.22. The first-order valence-corrected chi connectivity index (χ1v) is 7.74. The molecule has 0 aliphatic rings. The molecule has 116 valence electrons. The van der Waals surface area contributed by atoms with Crippen molar-refractivity contribution in [2.45, 2.75) is 54.4 Å². The quantitative estimate of drug-likeness (QED) is 0.664. The van der Waals surface area contributed by atoms with Crippen LogP contribution in [0.3, 0.4) is 0 Å². The molecule has 2 rings (SSSR count). The van der Waals surface area contributed by atoms with Crippen LogP contribution < -0.4 is 0 Å². The summed E-state index contributed by atoms with van der Waals surface area (Å²) in [5.74, 6) is 0. The fourth-order valence-corrected chi connectivity index (χ4v) is 1.44. The van der Waals surface area contributed by atoms with E-state index in [-0.39, 0.29) is 0 Å². The molecule has 0 amide bonds. The van der Waals surface area contributed by atoms with Gasteiger partial charge < -0.3 is 9.13 Å². The summed E-state index contributed by atoms with van der Waals surface area (Å²) in [5, 5.41) is 0. The Balaban J connectivity index is 0. The van der Waals surface area contributed by atoms with Gasteiger partial charge in [0.2, 0.25) is 0 Å². The minimum atomic E-state index is 1.13. The van der Waals surface area contributed by atoms with E-state index in [1.165, 1.54) is 17.8 Å². The number of nitrogens with zero attached hydrogens (tertiary/aromatic N) is 2. The largest absolute Gasteiger partial charge is 0.357 e. The van der Waals surface area contributed by atoms with Crippen LogP contribution in [0.25, 0.3) is 0 Å². The number of aryl methyl sites for hydroxylation is 3. The molecular weight excluding hydrogens is 244 g/mol. The van der Waals surface area contributed by atoms with Gasteiger partial charge in [-0.1, -0.05) is 41.0 Å². The maximum atomic E-state index is 2.22. The summed E-state index contributed by atoms with van der Waals surface area (Å²) < 4.78 is 4.22. The van der Waals surface area contributed by atoms with Crippen LogP contribution in [0.2, 0.25) is 0 Å². The van der Waals surface area contributed by atoms with Crippen molar-refractivity contribution in [2.75, 3.05) is 0 Å². The maximum Gasteiger partial charge on any atom is 0.0171 e. The lowest BCUT2D eigenvalue weighted by Gasteiger charge is -1.99. The first-order valence-electron chi connectivity index (χ1n) is 7.74. The Morgan fingerprint density at radius 2 is 1.35 bits per heavy atom. The van der Waals surface area contributed by atoms with E-state index in [1.807, 2.05) is 50.0 Å². The highest BCUT2D eigenvalue weighted by Gasteiger charge is 1.95. The molecule has 2 heteroatoms. The Labute approximate surface area is 126 Å². The van der Waals surface area contributed by atoms with Crippen molar-refractivity contribution >= 4 is 0 Å². The second kappa shape index (κ2) is 14.0. The van der Waals surface area contributed by atoms with Crippen LogP contribution in [-0.4, -0.2) is 9.13 Å². The molecule has 2 aromatic rings. The van der Waals surface area contributed by atoms with E-state index in [9.17, 15) is 0 Å². The van der Waals surface area contributed by atoms with Crippen molar-refractivity contribution in [1.82, 2.24) is 9.13 Å². The second-order valence-corrected chi connectivity index (χ2v) is 4.43. The highest BCUT2D eigenvalue weighted by molar-refractivity contribution is 5.13. The average molecular weight is 278 g/mol. The first-order chi connectivity index (χ1) is 9.56. The Hall–Kier alpha value is -1.44. The Bertz CT molecular complexity index is 397. The minimum absolute atomic E-state index is 1.13. The molecule has 0 N–H and O–H groups in total. The summed E-state index contributed by atoms with van der Waals surface area (Å²) in [6, 6.07) is 8.33. The molecule has 0 unspecified atom stereocenters. The standard InChI is InChI=1S/C8H13N.C5H7N.C3H8.C2H6/c1-4-8-6-5-7(2)9(8)3;1-6-4-2-3-5-6;1-3-2;1-2/h5-6H,4H2,1-3H3;2-5H,1H3;3H2,1-2H3;1-2H3. The van der Waals surface area contributed by atoms with Crippen LogP contribution in [0.5, 0.6) is 0 Å². The smallest absolute Gasteiger partial charge is 0.0171 e. The van der Waals surface area contributed by atoms with E-state index in [4.69, 9.17) is 0 Å². The van der Waals surface area contributed by atoms with Gasteiger partial charge in [-0.25, -0.2) is 0 Å². The Morgan fingerprint density at radius 1 is 0.900 bits per heavy atom. The van der Waals surface area contributed by atoms with E-state index >= 15 is 0 Å². The lowest BCUT2D eigenvalue weighted by atomic mass is 10.3. The molecule has 0 saturated heterocycles. The molecule has 0 radical (unpaired) electrons. The van der Waals surface area contributed by atoms with Gasteiger partial charge in [-0.3, -0.25) is 0 Å².